The van der Waals surface area contributed by atoms with Gasteiger partial charge in [-0.1, -0.05) is 24.3 Å². The predicted molar refractivity (Wildman–Crippen MR) is 85.0 cm³/mol. The molecule has 3 rings (SSSR count). The average Bonchev–Trinajstić information content (AvgIpc) is 2.97. The third-order valence-corrected chi connectivity index (χ3v) is 4.62. The van der Waals surface area contributed by atoms with Crippen molar-refractivity contribution in [3.05, 3.63) is 93.2 Å². The first-order chi connectivity index (χ1) is 11.0. The lowest BCUT2D eigenvalue weighted by molar-refractivity contribution is 0.0702. The van der Waals surface area contributed by atoms with Crippen LogP contribution < -0.4 is 0 Å². The van der Waals surface area contributed by atoms with E-state index >= 15 is 0 Å². The zero-order valence-corrected chi connectivity index (χ0v) is 12.7. The lowest BCUT2D eigenvalue weighted by atomic mass is 9.90. The zero-order chi connectivity index (χ0) is 16.4. The van der Waals surface area contributed by atoms with E-state index in [9.17, 15) is 13.6 Å². The van der Waals surface area contributed by atoms with Crippen LogP contribution in [0, 0.1) is 11.6 Å². The number of carbonyl (C=O) groups is 1. The van der Waals surface area contributed by atoms with Gasteiger partial charge in [-0.3, -0.25) is 0 Å². The molecule has 0 saturated heterocycles. The number of hydrogen-bond acceptors (Lipinski definition) is 2. The van der Waals surface area contributed by atoms with E-state index in [1.807, 2.05) is 0 Å². The van der Waals surface area contributed by atoms with Crippen molar-refractivity contribution in [1.82, 2.24) is 0 Å². The Labute approximate surface area is 135 Å². The van der Waals surface area contributed by atoms with Gasteiger partial charge >= 0.3 is 5.97 Å². The highest BCUT2D eigenvalue weighted by Crippen LogP contribution is 2.36. The summed E-state index contributed by atoms with van der Waals surface area (Å²) in [4.78, 5) is 12.0. The molecular weight excluding hydrogens is 318 g/mol. The molecule has 1 aromatic heterocycles. The zero-order valence-electron chi connectivity index (χ0n) is 11.9. The average molecular weight is 330 g/mol. The Balaban J connectivity index is 2.14. The molecule has 116 valence electrons. The highest BCUT2D eigenvalue weighted by atomic mass is 32.1. The SMILES string of the molecule is O=C(O)c1ccc(C(c2cccc(F)c2)c2cccc(F)c2)s1. The number of hydrogen-bond donors (Lipinski definition) is 1. The van der Waals surface area contributed by atoms with Crippen LogP contribution >= 0.6 is 11.3 Å². The third-order valence-electron chi connectivity index (χ3n) is 3.49. The first kappa shape index (κ1) is 15.4. The molecule has 0 saturated carbocycles. The summed E-state index contributed by atoms with van der Waals surface area (Å²) >= 11 is 1.11. The number of benzene rings is 2. The number of rotatable bonds is 4. The fraction of sp³-hybridized carbons (Fsp3) is 0.0556. The Hall–Kier alpha value is -2.53. The molecule has 23 heavy (non-hydrogen) atoms. The van der Waals surface area contributed by atoms with Gasteiger partial charge in [0.2, 0.25) is 0 Å². The van der Waals surface area contributed by atoms with Gasteiger partial charge in [0.25, 0.3) is 0 Å². The largest absolute Gasteiger partial charge is 0.477 e. The fourth-order valence-electron chi connectivity index (χ4n) is 2.52. The number of carboxylic acids is 1. The molecule has 0 atom stereocenters. The first-order valence-corrected chi connectivity index (χ1v) is 7.70. The van der Waals surface area contributed by atoms with E-state index < -0.39 is 11.9 Å². The minimum Gasteiger partial charge on any atom is -0.477 e. The normalized spacial score (nSPS) is 10.9. The molecule has 0 radical (unpaired) electrons. The third kappa shape index (κ3) is 3.29. The molecule has 1 N–H and O–H groups in total. The topological polar surface area (TPSA) is 37.3 Å². The fourth-order valence-corrected chi connectivity index (χ4v) is 3.52. The Kier molecular flexibility index (Phi) is 4.21. The predicted octanol–water partition coefficient (Wildman–Crippen LogP) is 4.90. The molecule has 1 heterocycles. The second kappa shape index (κ2) is 6.30. The number of thiophene rings is 1. The van der Waals surface area contributed by atoms with Crippen LogP contribution in [0.1, 0.15) is 31.6 Å². The second-order valence-electron chi connectivity index (χ2n) is 5.05. The molecule has 3 aromatic rings. The number of carboxylic acid groups (broad SMARTS) is 1. The Morgan fingerprint density at radius 2 is 1.48 bits per heavy atom. The van der Waals surface area contributed by atoms with Gasteiger partial charge in [0.05, 0.1) is 0 Å². The molecule has 0 amide bonds. The van der Waals surface area contributed by atoms with E-state index in [4.69, 9.17) is 5.11 Å². The smallest absolute Gasteiger partial charge is 0.345 e. The second-order valence-corrected chi connectivity index (χ2v) is 6.17. The van der Waals surface area contributed by atoms with E-state index in [0.29, 0.717) is 11.1 Å². The molecule has 0 aliphatic heterocycles. The standard InChI is InChI=1S/C18H12F2O2S/c19-13-5-1-3-11(9-13)17(12-4-2-6-14(20)10-12)15-7-8-16(23-15)18(21)22/h1-10,17H,(H,21,22). The van der Waals surface area contributed by atoms with Crippen LogP contribution in [-0.2, 0) is 0 Å². The summed E-state index contributed by atoms with van der Waals surface area (Å²) in [6.45, 7) is 0. The van der Waals surface area contributed by atoms with Crippen LogP contribution in [0.5, 0.6) is 0 Å². The van der Waals surface area contributed by atoms with Crippen molar-refractivity contribution in [2.24, 2.45) is 0 Å². The van der Waals surface area contributed by atoms with Crippen molar-refractivity contribution in [1.29, 1.82) is 0 Å². The minimum absolute atomic E-state index is 0.192. The van der Waals surface area contributed by atoms with Gasteiger partial charge in [0.15, 0.2) is 0 Å². The molecule has 2 nitrogen and oxygen atoms in total. The molecule has 2 aromatic carbocycles. The highest BCUT2D eigenvalue weighted by molar-refractivity contribution is 7.14. The molecular formula is C18H12F2O2S. The Morgan fingerprint density at radius 1 is 0.913 bits per heavy atom. The summed E-state index contributed by atoms with van der Waals surface area (Å²) in [5.41, 5.74) is 1.30. The van der Waals surface area contributed by atoms with E-state index in [-0.39, 0.29) is 16.5 Å². The summed E-state index contributed by atoms with van der Waals surface area (Å²) in [6, 6.07) is 15.3. The molecule has 0 fully saturated rings. The van der Waals surface area contributed by atoms with Gasteiger partial charge in [-0.25, -0.2) is 13.6 Å². The minimum atomic E-state index is -1.02. The van der Waals surface area contributed by atoms with Crippen LogP contribution in [0.4, 0.5) is 8.78 Å². The highest BCUT2D eigenvalue weighted by Gasteiger charge is 2.21. The van der Waals surface area contributed by atoms with E-state index in [1.54, 1.807) is 30.3 Å². The number of aromatic carboxylic acids is 1. The quantitative estimate of drug-likeness (QED) is 0.738. The van der Waals surface area contributed by atoms with Crippen LogP contribution in [0.15, 0.2) is 60.7 Å². The van der Waals surface area contributed by atoms with E-state index in [1.165, 1.54) is 30.3 Å². The molecule has 0 aliphatic rings. The number of halogens is 2. The first-order valence-electron chi connectivity index (χ1n) is 6.88. The van der Waals surface area contributed by atoms with Crippen molar-refractivity contribution in [3.8, 4) is 0 Å². The van der Waals surface area contributed by atoms with Crippen molar-refractivity contribution >= 4 is 17.3 Å². The van der Waals surface area contributed by atoms with E-state index in [2.05, 4.69) is 0 Å². The van der Waals surface area contributed by atoms with Crippen molar-refractivity contribution in [3.63, 3.8) is 0 Å². The Morgan fingerprint density at radius 3 is 1.91 bits per heavy atom. The van der Waals surface area contributed by atoms with Gasteiger partial charge in [-0.15, -0.1) is 11.3 Å². The van der Waals surface area contributed by atoms with Gasteiger partial charge < -0.3 is 5.11 Å². The molecule has 5 heteroatoms. The molecule has 0 aliphatic carbocycles. The Bertz CT molecular complexity index is 812. The van der Waals surface area contributed by atoms with Gasteiger partial charge in [0, 0.05) is 10.8 Å². The summed E-state index contributed by atoms with van der Waals surface area (Å²) in [5.74, 6) is -2.21. The summed E-state index contributed by atoms with van der Waals surface area (Å²) in [7, 11) is 0. The molecule has 0 bridgehead atoms. The van der Waals surface area contributed by atoms with Gasteiger partial charge in [-0.2, -0.15) is 0 Å². The van der Waals surface area contributed by atoms with Crippen LogP contribution in [0.2, 0.25) is 0 Å². The van der Waals surface area contributed by atoms with Crippen LogP contribution in [0.25, 0.3) is 0 Å². The lowest BCUT2D eigenvalue weighted by Gasteiger charge is -2.17. The van der Waals surface area contributed by atoms with E-state index in [0.717, 1.165) is 16.2 Å². The molecule has 0 unspecified atom stereocenters. The van der Waals surface area contributed by atoms with Gasteiger partial charge in [0.1, 0.15) is 16.5 Å². The maximum absolute atomic E-state index is 13.6. The summed E-state index contributed by atoms with van der Waals surface area (Å²) in [5, 5.41) is 9.10. The maximum Gasteiger partial charge on any atom is 0.345 e. The van der Waals surface area contributed by atoms with Crippen molar-refractivity contribution < 1.29 is 18.7 Å². The van der Waals surface area contributed by atoms with Gasteiger partial charge in [-0.05, 0) is 47.5 Å². The van der Waals surface area contributed by atoms with Crippen molar-refractivity contribution in [2.45, 2.75) is 5.92 Å². The van der Waals surface area contributed by atoms with Crippen LogP contribution in [-0.4, -0.2) is 11.1 Å². The summed E-state index contributed by atoms with van der Waals surface area (Å²) in [6.07, 6.45) is 0. The van der Waals surface area contributed by atoms with Crippen molar-refractivity contribution in [2.75, 3.05) is 0 Å². The summed E-state index contributed by atoms with van der Waals surface area (Å²) < 4.78 is 27.2. The maximum atomic E-state index is 13.6. The van der Waals surface area contributed by atoms with Crippen LogP contribution in [0.3, 0.4) is 0 Å². The monoisotopic (exact) mass is 330 g/mol. The molecule has 0 spiro atoms. The lowest BCUT2D eigenvalue weighted by Crippen LogP contribution is -2.02.